The van der Waals surface area contributed by atoms with Gasteiger partial charge in [-0.15, -0.1) is 10.2 Å². The van der Waals surface area contributed by atoms with E-state index < -0.39 is 0 Å². The normalized spacial score (nSPS) is 10.6. The maximum Gasteiger partial charge on any atom is 0.168 e. The summed E-state index contributed by atoms with van der Waals surface area (Å²) in [6, 6.07) is 8.20. The molecule has 0 spiro atoms. The van der Waals surface area contributed by atoms with E-state index in [1.54, 1.807) is 17.2 Å². The predicted octanol–water partition coefficient (Wildman–Crippen LogP) is 1.97. The number of nitrogens with one attached hydrogen (secondary N) is 1. The molecule has 1 N–H and O–H groups in total. The molecule has 5 heteroatoms. The number of aromatic amines is 1. The van der Waals surface area contributed by atoms with E-state index in [1.807, 2.05) is 18.3 Å². The zero-order chi connectivity index (χ0) is 11.7. The lowest BCUT2D eigenvalue weighted by Crippen LogP contribution is -1.94. The zero-order valence-electron chi connectivity index (χ0n) is 9.33. The van der Waals surface area contributed by atoms with Crippen LogP contribution >= 0.6 is 0 Å². The van der Waals surface area contributed by atoms with E-state index in [0.717, 1.165) is 16.9 Å². The summed E-state index contributed by atoms with van der Waals surface area (Å²) in [5.74, 6) is 0.810. The summed E-state index contributed by atoms with van der Waals surface area (Å²) < 4.78 is 1.79. The van der Waals surface area contributed by atoms with E-state index in [2.05, 4.69) is 39.5 Å². The van der Waals surface area contributed by atoms with Crippen molar-refractivity contribution in [1.29, 1.82) is 0 Å². The van der Waals surface area contributed by atoms with Crippen LogP contribution in [0.15, 0.2) is 43.1 Å². The van der Waals surface area contributed by atoms with Gasteiger partial charge in [0.2, 0.25) is 0 Å². The monoisotopic (exact) mass is 225 g/mol. The Hall–Kier alpha value is -2.43. The van der Waals surface area contributed by atoms with Crippen molar-refractivity contribution in [2.75, 3.05) is 0 Å². The number of benzene rings is 1. The van der Waals surface area contributed by atoms with E-state index in [0.29, 0.717) is 0 Å². The average Bonchev–Trinajstić information content (AvgIpc) is 3.00. The minimum atomic E-state index is 0.810. The number of hydrogen-bond donors (Lipinski definition) is 1. The van der Waals surface area contributed by atoms with Crippen LogP contribution in [0.25, 0.3) is 16.9 Å². The van der Waals surface area contributed by atoms with Crippen LogP contribution in [0.5, 0.6) is 0 Å². The molecule has 0 atom stereocenters. The fourth-order valence-electron chi connectivity index (χ4n) is 1.86. The third-order valence-corrected chi connectivity index (χ3v) is 2.72. The lowest BCUT2D eigenvalue weighted by molar-refractivity contribution is 0.954. The second kappa shape index (κ2) is 3.86. The summed E-state index contributed by atoms with van der Waals surface area (Å²) in [7, 11) is 0. The number of hydrogen-bond acceptors (Lipinski definition) is 3. The van der Waals surface area contributed by atoms with Crippen molar-refractivity contribution in [3.05, 3.63) is 48.7 Å². The molecule has 0 amide bonds. The molecule has 0 aliphatic carbocycles. The summed E-state index contributed by atoms with van der Waals surface area (Å²) >= 11 is 0. The third-order valence-electron chi connectivity index (χ3n) is 2.72. The van der Waals surface area contributed by atoms with Gasteiger partial charge < -0.3 is 0 Å². The smallest absolute Gasteiger partial charge is 0.168 e. The summed E-state index contributed by atoms with van der Waals surface area (Å²) in [4.78, 5) is 0. The van der Waals surface area contributed by atoms with E-state index in [-0.39, 0.29) is 0 Å². The zero-order valence-corrected chi connectivity index (χ0v) is 9.33. The molecule has 2 heterocycles. The van der Waals surface area contributed by atoms with Gasteiger partial charge in [-0.1, -0.05) is 24.3 Å². The number of nitrogens with zero attached hydrogens (tertiary/aromatic N) is 4. The van der Waals surface area contributed by atoms with Crippen molar-refractivity contribution < 1.29 is 0 Å². The van der Waals surface area contributed by atoms with Gasteiger partial charge in [0.25, 0.3) is 0 Å². The second-order valence-electron chi connectivity index (χ2n) is 3.81. The Balaban J connectivity index is 2.17. The topological polar surface area (TPSA) is 59.4 Å². The third kappa shape index (κ3) is 1.61. The Morgan fingerprint density at radius 3 is 2.59 bits per heavy atom. The second-order valence-corrected chi connectivity index (χ2v) is 3.81. The molecule has 0 aliphatic rings. The van der Waals surface area contributed by atoms with Crippen molar-refractivity contribution in [2.45, 2.75) is 6.92 Å². The van der Waals surface area contributed by atoms with Crippen molar-refractivity contribution in [3.8, 4) is 16.9 Å². The molecular weight excluding hydrogens is 214 g/mol. The average molecular weight is 225 g/mol. The standard InChI is InChI=1S/C12H11N5/c1-9-4-2-3-5-10(9)11-6-13-16-12(11)17-7-14-15-8-17/h2-8H,1H3,(H,13,16). The lowest BCUT2D eigenvalue weighted by atomic mass is 10.0. The minimum absolute atomic E-state index is 0.810. The molecule has 0 radical (unpaired) electrons. The van der Waals surface area contributed by atoms with Gasteiger partial charge in [0.05, 0.1) is 0 Å². The van der Waals surface area contributed by atoms with Gasteiger partial charge in [-0.2, -0.15) is 5.10 Å². The number of H-pyrrole nitrogens is 1. The molecule has 0 unspecified atom stereocenters. The molecular formula is C12H11N5. The molecule has 0 saturated heterocycles. The van der Waals surface area contributed by atoms with E-state index in [9.17, 15) is 0 Å². The highest BCUT2D eigenvalue weighted by atomic mass is 15.3. The number of rotatable bonds is 2. The number of aromatic nitrogens is 5. The summed E-state index contributed by atoms with van der Waals surface area (Å²) in [6.45, 7) is 2.08. The Morgan fingerprint density at radius 2 is 1.82 bits per heavy atom. The first kappa shape index (κ1) is 9.77. The molecule has 17 heavy (non-hydrogen) atoms. The van der Waals surface area contributed by atoms with E-state index in [1.165, 1.54) is 5.56 Å². The minimum Gasteiger partial charge on any atom is -0.283 e. The highest BCUT2D eigenvalue weighted by Crippen LogP contribution is 2.27. The van der Waals surface area contributed by atoms with Gasteiger partial charge >= 0.3 is 0 Å². The first-order valence-electron chi connectivity index (χ1n) is 5.31. The van der Waals surface area contributed by atoms with Gasteiger partial charge in [-0.05, 0) is 18.1 Å². The molecule has 0 aliphatic heterocycles. The van der Waals surface area contributed by atoms with Crippen LogP contribution in [0.3, 0.4) is 0 Å². The van der Waals surface area contributed by atoms with Gasteiger partial charge in [-0.3, -0.25) is 9.67 Å². The van der Waals surface area contributed by atoms with Gasteiger partial charge in [0.1, 0.15) is 12.7 Å². The maximum absolute atomic E-state index is 4.23. The lowest BCUT2D eigenvalue weighted by Gasteiger charge is -2.05. The molecule has 1 aromatic carbocycles. The molecule has 0 saturated carbocycles. The molecule has 0 fully saturated rings. The summed E-state index contributed by atoms with van der Waals surface area (Å²) in [5, 5.41) is 14.7. The summed E-state index contributed by atoms with van der Waals surface area (Å²) in [5.41, 5.74) is 3.41. The van der Waals surface area contributed by atoms with Crippen LogP contribution in [0.4, 0.5) is 0 Å². The molecule has 5 nitrogen and oxygen atoms in total. The van der Waals surface area contributed by atoms with Crippen molar-refractivity contribution >= 4 is 0 Å². The fourth-order valence-corrected chi connectivity index (χ4v) is 1.86. The maximum atomic E-state index is 4.23. The van der Waals surface area contributed by atoms with Gasteiger partial charge in [0.15, 0.2) is 5.82 Å². The van der Waals surface area contributed by atoms with Crippen LogP contribution < -0.4 is 0 Å². The van der Waals surface area contributed by atoms with E-state index >= 15 is 0 Å². The highest BCUT2D eigenvalue weighted by molar-refractivity contribution is 5.72. The van der Waals surface area contributed by atoms with Crippen LogP contribution in [-0.4, -0.2) is 25.0 Å². The van der Waals surface area contributed by atoms with Crippen LogP contribution in [0.2, 0.25) is 0 Å². The van der Waals surface area contributed by atoms with Crippen molar-refractivity contribution in [2.24, 2.45) is 0 Å². The van der Waals surface area contributed by atoms with Crippen molar-refractivity contribution in [1.82, 2.24) is 25.0 Å². The Morgan fingerprint density at radius 1 is 1.06 bits per heavy atom. The van der Waals surface area contributed by atoms with Crippen molar-refractivity contribution in [3.63, 3.8) is 0 Å². The Kier molecular flexibility index (Phi) is 2.22. The highest BCUT2D eigenvalue weighted by Gasteiger charge is 2.11. The molecule has 0 bridgehead atoms. The molecule has 3 rings (SSSR count). The predicted molar refractivity (Wildman–Crippen MR) is 63.7 cm³/mol. The molecule has 84 valence electrons. The quantitative estimate of drug-likeness (QED) is 0.725. The summed E-state index contributed by atoms with van der Waals surface area (Å²) in [6.07, 6.45) is 5.16. The first-order chi connectivity index (χ1) is 8.36. The number of aryl methyl sites for hydroxylation is 1. The molecule has 2 aromatic heterocycles. The van der Waals surface area contributed by atoms with Crippen LogP contribution in [0, 0.1) is 6.92 Å². The Labute approximate surface area is 98.1 Å². The molecule has 3 aromatic rings. The first-order valence-corrected chi connectivity index (χ1v) is 5.31. The van der Waals surface area contributed by atoms with Crippen LogP contribution in [-0.2, 0) is 0 Å². The van der Waals surface area contributed by atoms with Crippen LogP contribution in [0.1, 0.15) is 5.56 Å². The Bertz CT molecular complexity index is 624. The van der Waals surface area contributed by atoms with E-state index in [4.69, 9.17) is 0 Å². The fraction of sp³-hybridized carbons (Fsp3) is 0.0833. The van der Waals surface area contributed by atoms with Gasteiger partial charge in [-0.25, -0.2) is 0 Å². The van der Waals surface area contributed by atoms with Gasteiger partial charge in [0, 0.05) is 11.8 Å². The largest absolute Gasteiger partial charge is 0.283 e. The SMILES string of the molecule is Cc1ccccc1-c1c[nH]nc1-n1cnnc1.